The van der Waals surface area contributed by atoms with Gasteiger partial charge in [-0.1, -0.05) is 0 Å². The Morgan fingerprint density at radius 2 is 2.45 bits per heavy atom. The molecule has 1 aliphatic rings. The van der Waals surface area contributed by atoms with Crippen molar-refractivity contribution in [3.8, 4) is 0 Å². The van der Waals surface area contributed by atoms with Crippen molar-refractivity contribution < 1.29 is 0 Å². The van der Waals surface area contributed by atoms with Gasteiger partial charge in [0.05, 0.1) is 0 Å². The van der Waals surface area contributed by atoms with E-state index in [-0.39, 0.29) is 0 Å². The Hall–Kier alpha value is -0.0300. The quantitative estimate of drug-likeness (QED) is 0.745. The first-order chi connectivity index (χ1) is 5.36. The minimum atomic E-state index is 0.582. The molecule has 2 nitrogen and oxygen atoms in total. The Morgan fingerprint density at radius 3 is 3.00 bits per heavy atom. The van der Waals surface area contributed by atoms with E-state index in [9.17, 15) is 0 Å². The number of rotatable bonds is 1. The lowest BCUT2D eigenvalue weighted by Crippen LogP contribution is -2.12. The van der Waals surface area contributed by atoms with Gasteiger partial charge in [0.1, 0.15) is 0 Å². The summed E-state index contributed by atoms with van der Waals surface area (Å²) in [5.41, 5.74) is 1.34. The lowest BCUT2D eigenvalue weighted by Gasteiger charge is -2.05. The Kier molecular flexibility index (Phi) is 2.18. The van der Waals surface area contributed by atoms with E-state index in [1.807, 2.05) is 0 Å². The molecule has 0 aliphatic carbocycles. The molecule has 1 atom stereocenters. The highest BCUT2D eigenvalue weighted by atomic mass is 127. The molecule has 0 unspecified atom stereocenters. The molecule has 60 valence electrons. The molecular weight excluding hydrogens is 251 g/mol. The molecule has 0 spiro atoms. The maximum atomic E-state index is 3.45. The molecule has 1 aliphatic heterocycles. The van der Waals surface area contributed by atoms with E-state index in [4.69, 9.17) is 0 Å². The Balaban J connectivity index is 2.15. The van der Waals surface area contributed by atoms with Crippen LogP contribution >= 0.6 is 22.6 Å². The van der Waals surface area contributed by atoms with E-state index in [0.717, 1.165) is 0 Å². The highest BCUT2D eigenvalue weighted by molar-refractivity contribution is 14.1. The van der Waals surface area contributed by atoms with Crippen LogP contribution in [0.2, 0.25) is 0 Å². The van der Waals surface area contributed by atoms with E-state index in [1.165, 1.54) is 28.7 Å². The average molecular weight is 262 g/mol. The molecule has 0 amide bonds. The van der Waals surface area contributed by atoms with Gasteiger partial charge in [0, 0.05) is 21.5 Å². The molecule has 1 aromatic heterocycles. The van der Waals surface area contributed by atoms with Gasteiger partial charge in [0.25, 0.3) is 0 Å². The third-order valence-electron chi connectivity index (χ3n) is 2.11. The summed E-state index contributed by atoms with van der Waals surface area (Å²) in [4.78, 5) is 3.28. The number of nitrogens with one attached hydrogen (secondary N) is 2. The van der Waals surface area contributed by atoms with Crippen LogP contribution in [0.25, 0.3) is 0 Å². The summed E-state index contributed by atoms with van der Waals surface area (Å²) in [7, 11) is 0. The Labute approximate surface area is 79.9 Å². The first-order valence-electron chi connectivity index (χ1n) is 3.93. The second-order valence-electron chi connectivity index (χ2n) is 2.92. The maximum Gasteiger partial charge on any atom is 0.0473 e. The fraction of sp³-hybridized carbons (Fsp3) is 0.500. The number of aromatic nitrogens is 1. The van der Waals surface area contributed by atoms with E-state index in [1.54, 1.807) is 0 Å². The predicted molar refractivity (Wildman–Crippen MR) is 53.5 cm³/mol. The third kappa shape index (κ3) is 1.59. The van der Waals surface area contributed by atoms with Crippen molar-refractivity contribution in [3.05, 3.63) is 21.5 Å². The van der Waals surface area contributed by atoms with Crippen LogP contribution in [-0.2, 0) is 0 Å². The molecule has 0 bridgehead atoms. The monoisotopic (exact) mass is 262 g/mol. The van der Waals surface area contributed by atoms with E-state index >= 15 is 0 Å². The summed E-state index contributed by atoms with van der Waals surface area (Å²) < 4.78 is 1.30. The summed E-state index contributed by atoms with van der Waals surface area (Å²) >= 11 is 2.33. The summed E-state index contributed by atoms with van der Waals surface area (Å²) in [6.07, 6.45) is 4.63. The SMILES string of the molecule is Ic1c[nH]c([C@H]2CCCN2)c1. The van der Waals surface area contributed by atoms with Crippen molar-refractivity contribution in [2.75, 3.05) is 6.54 Å². The van der Waals surface area contributed by atoms with Gasteiger partial charge in [-0.2, -0.15) is 0 Å². The predicted octanol–water partition coefficient (Wildman–Crippen LogP) is 2.04. The Bertz CT molecular complexity index is 238. The van der Waals surface area contributed by atoms with Crippen LogP contribution in [0.1, 0.15) is 24.6 Å². The first-order valence-corrected chi connectivity index (χ1v) is 5.01. The smallest absolute Gasteiger partial charge is 0.0473 e. The molecule has 0 aromatic carbocycles. The topological polar surface area (TPSA) is 27.8 Å². The zero-order chi connectivity index (χ0) is 7.68. The van der Waals surface area contributed by atoms with Crippen LogP contribution in [0.15, 0.2) is 12.3 Å². The van der Waals surface area contributed by atoms with Gasteiger partial charge in [-0.25, -0.2) is 0 Å². The molecule has 0 saturated carbocycles. The molecular formula is C8H11IN2. The van der Waals surface area contributed by atoms with Crippen LogP contribution < -0.4 is 5.32 Å². The number of H-pyrrole nitrogens is 1. The zero-order valence-electron chi connectivity index (χ0n) is 6.23. The van der Waals surface area contributed by atoms with E-state index in [2.05, 4.69) is 45.2 Å². The van der Waals surface area contributed by atoms with Crippen LogP contribution in [0.4, 0.5) is 0 Å². The Morgan fingerprint density at radius 1 is 1.55 bits per heavy atom. The van der Waals surface area contributed by atoms with Crippen molar-refractivity contribution in [2.45, 2.75) is 18.9 Å². The number of hydrogen-bond acceptors (Lipinski definition) is 1. The zero-order valence-corrected chi connectivity index (χ0v) is 8.39. The third-order valence-corrected chi connectivity index (χ3v) is 2.73. The second-order valence-corrected chi connectivity index (χ2v) is 4.17. The van der Waals surface area contributed by atoms with Gasteiger partial charge >= 0.3 is 0 Å². The van der Waals surface area contributed by atoms with Crippen molar-refractivity contribution >= 4 is 22.6 Å². The van der Waals surface area contributed by atoms with Crippen LogP contribution in [0.5, 0.6) is 0 Å². The van der Waals surface area contributed by atoms with E-state index in [0.29, 0.717) is 6.04 Å². The van der Waals surface area contributed by atoms with Crippen molar-refractivity contribution in [1.29, 1.82) is 0 Å². The number of halogens is 1. The van der Waals surface area contributed by atoms with Gasteiger partial charge in [-0.05, 0) is 48.0 Å². The fourth-order valence-electron chi connectivity index (χ4n) is 1.54. The second kappa shape index (κ2) is 3.15. The van der Waals surface area contributed by atoms with Gasteiger partial charge in [-0.15, -0.1) is 0 Å². The van der Waals surface area contributed by atoms with Crippen molar-refractivity contribution in [2.24, 2.45) is 0 Å². The normalized spacial score (nSPS) is 24.3. The molecule has 3 heteroatoms. The molecule has 2 heterocycles. The molecule has 11 heavy (non-hydrogen) atoms. The van der Waals surface area contributed by atoms with Gasteiger partial charge < -0.3 is 10.3 Å². The minimum Gasteiger partial charge on any atom is -0.363 e. The minimum absolute atomic E-state index is 0.582. The highest BCUT2D eigenvalue weighted by Crippen LogP contribution is 2.22. The van der Waals surface area contributed by atoms with E-state index < -0.39 is 0 Å². The van der Waals surface area contributed by atoms with Crippen molar-refractivity contribution in [3.63, 3.8) is 0 Å². The molecule has 2 N–H and O–H groups in total. The summed E-state index contributed by atoms with van der Waals surface area (Å²) in [6.45, 7) is 1.17. The maximum absolute atomic E-state index is 3.45. The average Bonchev–Trinajstić information content (AvgIpc) is 2.55. The molecule has 2 rings (SSSR count). The van der Waals surface area contributed by atoms with Gasteiger partial charge in [0.15, 0.2) is 0 Å². The first kappa shape index (κ1) is 7.61. The van der Waals surface area contributed by atoms with Crippen LogP contribution in [-0.4, -0.2) is 11.5 Å². The molecule has 1 fully saturated rings. The standard InChI is InChI=1S/C8H11IN2/c9-6-4-8(11-5-6)7-2-1-3-10-7/h4-5,7,10-11H,1-3H2/t7-/m1/s1. The largest absolute Gasteiger partial charge is 0.363 e. The van der Waals surface area contributed by atoms with Crippen molar-refractivity contribution in [1.82, 2.24) is 10.3 Å². The lowest BCUT2D eigenvalue weighted by molar-refractivity contribution is 0.632. The number of hydrogen-bond donors (Lipinski definition) is 2. The highest BCUT2D eigenvalue weighted by Gasteiger charge is 2.16. The van der Waals surface area contributed by atoms with Gasteiger partial charge in [-0.3, -0.25) is 0 Å². The van der Waals surface area contributed by atoms with Crippen LogP contribution in [0.3, 0.4) is 0 Å². The molecule has 1 aromatic rings. The fourth-order valence-corrected chi connectivity index (χ4v) is 2.03. The van der Waals surface area contributed by atoms with Crippen LogP contribution in [0, 0.1) is 3.57 Å². The molecule has 1 saturated heterocycles. The number of aromatic amines is 1. The molecule has 0 radical (unpaired) electrons. The summed E-state index contributed by atoms with van der Waals surface area (Å²) in [6, 6.07) is 2.79. The summed E-state index contributed by atoms with van der Waals surface area (Å²) in [5.74, 6) is 0. The van der Waals surface area contributed by atoms with Gasteiger partial charge in [0.2, 0.25) is 0 Å². The summed E-state index contributed by atoms with van der Waals surface area (Å²) in [5, 5.41) is 3.45. The lowest BCUT2D eigenvalue weighted by atomic mass is 10.2.